The van der Waals surface area contributed by atoms with Gasteiger partial charge in [-0.3, -0.25) is 4.79 Å². The molecule has 0 aliphatic heterocycles. The van der Waals surface area contributed by atoms with E-state index in [9.17, 15) is 9.18 Å². The molecule has 0 spiro atoms. The van der Waals surface area contributed by atoms with Gasteiger partial charge in [0.25, 0.3) is 5.91 Å². The molecule has 0 atom stereocenters. The Morgan fingerprint density at radius 3 is 2.71 bits per heavy atom. The molecule has 2 rings (SSSR count). The summed E-state index contributed by atoms with van der Waals surface area (Å²) in [6.07, 6.45) is 0. The van der Waals surface area contributed by atoms with Crippen LogP contribution in [0.25, 0.3) is 0 Å². The third kappa shape index (κ3) is 3.09. The van der Waals surface area contributed by atoms with E-state index in [0.29, 0.717) is 11.3 Å². The summed E-state index contributed by atoms with van der Waals surface area (Å²) in [7, 11) is 1.51. The van der Waals surface area contributed by atoms with Crippen LogP contribution in [0.1, 0.15) is 15.9 Å². The summed E-state index contributed by atoms with van der Waals surface area (Å²) in [5.41, 5.74) is 6.38. The smallest absolute Gasteiger partial charge is 0.251 e. The summed E-state index contributed by atoms with van der Waals surface area (Å²) in [5.74, 6) is -0.547. The lowest BCUT2D eigenvalue weighted by Crippen LogP contribution is -2.17. The first-order valence-electron chi connectivity index (χ1n) is 6.04. The molecular formula is C15H12FN3O2. The summed E-state index contributed by atoms with van der Waals surface area (Å²) in [6.45, 7) is 0. The quantitative estimate of drug-likeness (QED) is 0.848. The Kier molecular flexibility index (Phi) is 4.05. The van der Waals surface area contributed by atoms with Crippen molar-refractivity contribution in [3.05, 3.63) is 53.3 Å². The SMILES string of the molecule is CNC(=O)c1ccc(N)c(Oc2ccc(C#N)c(F)c2)c1. The second-order valence-corrected chi connectivity index (χ2v) is 4.19. The number of nitrogens with zero attached hydrogens (tertiary/aromatic N) is 1. The number of nitriles is 1. The van der Waals surface area contributed by atoms with Crippen molar-refractivity contribution in [2.45, 2.75) is 0 Å². The molecule has 6 heteroatoms. The minimum absolute atomic E-state index is 0.0746. The zero-order valence-electron chi connectivity index (χ0n) is 11.2. The van der Waals surface area contributed by atoms with Crippen molar-refractivity contribution in [1.82, 2.24) is 5.32 Å². The number of carbonyl (C=O) groups excluding carboxylic acids is 1. The second kappa shape index (κ2) is 5.92. The van der Waals surface area contributed by atoms with Crippen molar-refractivity contribution < 1.29 is 13.9 Å². The zero-order chi connectivity index (χ0) is 15.4. The molecule has 0 aromatic heterocycles. The molecule has 2 aromatic carbocycles. The van der Waals surface area contributed by atoms with E-state index in [2.05, 4.69) is 5.32 Å². The predicted octanol–water partition coefficient (Wildman–Crippen LogP) is 2.43. The van der Waals surface area contributed by atoms with Crippen molar-refractivity contribution in [2.24, 2.45) is 0 Å². The highest BCUT2D eigenvalue weighted by molar-refractivity contribution is 5.95. The van der Waals surface area contributed by atoms with Gasteiger partial charge in [0, 0.05) is 18.7 Å². The molecular weight excluding hydrogens is 273 g/mol. The van der Waals surface area contributed by atoms with Crippen LogP contribution in [-0.4, -0.2) is 13.0 Å². The first-order chi connectivity index (χ1) is 10.0. The van der Waals surface area contributed by atoms with Crippen LogP contribution in [0.4, 0.5) is 10.1 Å². The molecule has 0 fully saturated rings. The van der Waals surface area contributed by atoms with E-state index in [-0.39, 0.29) is 23.0 Å². The number of hydrogen-bond acceptors (Lipinski definition) is 4. The van der Waals surface area contributed by atoms with Gasteiger partial charge in [-0.15, -0.1) is 0 Å². The summed E-state index contributed by atoms with van der Waals surface area (Å²) < 4.78 is 19.0. The van der Waals surface area contributed by atoms with Crippen LogP contribution in [0, 0.1) is 17.1 Å². The highest BCUT2D eigenvalue weighted by atomic mass is 19.1. The summed E-state index contributed by atoms with van der Waals surface area (Å²) in [6, 6.07) is 10.1. The zero-order valence-corrected chi connectivity index (χ0v) is 11.2. The van der Waals surface area contributed by atoms with Gasteiger partial charge in [0.1, 0.15) is 17.6 Å². The highest BCUT2D eigenvalue weighted by Crippen LogP contribution is 2.29. The van der Waals surface area contributed by atoms with Crippen LogP contribution in [-0.2, 0) is 0 Å². The van der Waals surface area contributed by atoms with Gasteiger partial charge in [0.15, 0.2) is 5.75 Å². The molecule has 0 unspecified atom stereocenters. The molecule has 106 valence electrons. The van der Waals surface area contributed by atoms with E-state index in [0.717, 1.165) is 6.07 Å². The predicted molar refractivity (Wildman–Crippen MR) is 75.4 cm³/mol. The van der Waals surface area contributed by atoms with E-state index >= 15 is 0 Å². The molecule has 1 amide bonds. The molecule has 3 N–H and O–H groups in total. The van der Waals surface area contributed by atoms with Crippen molar-refractivity contribution in [3.8, 4) is 17.6 Å². The van der Waals surface area contributed by atoms with Crippen LogP contribution < -0.4 is 15.8 Å². The minimum atomic E-state index is -0.684. The number of hydrogen-bond donors (Lipinski definition) is 2. The Hall–Kier alpha value is -3.07. The number of rotatable bonds is 3. The molecule has 0 bridgehead atoms. The molecule has 0 saturated carbocycles. The fraction of sp³-hybridized carbons (Fsp3) is 0.0667. The van der Waals surface area contributed by atoms with Crippen LogP contribution in [0.15, 0.2) is 36.4 Å². The Morgan fingerprint density at radius 2 is 2.10 bits per heavy atom. The first-order valence-corrected chi connectivity index (χ1v) is 6.04. The third-order valence-corrected chi connectivity index (χ3v) is 2.79. The Bertz CT molecular complexity index is 738. The lowest BCUT2D eigenvalue weighted by Gasteiger charge is -2.10. The maximum atomic E-state index is 13.5. The maximum Gasteiger partial charge on any atom is 0.251 e. The normalized spacial score (nSPS) is 9.76. The maximum absolute atomic E-state index is 13.5. The molecule has 5 nitrogen and oxygen atoms in total. The Balaban J connectivity index is 2.33. The van der Waals surface area contributed by atoms with Crippen molar-refractivity contribution >= 4 is 11.6 Å². The van der Waals surface area contributed by atoms with Crippen LogP contribution >= 0.6 is 0 Å². The fourth-order valence-electron chi connectivity index (χ4n) is 1.69. The van der Waals surface area contributed by atoms with E-state index < -0.39 is 5.82 Å². The van der Waals surface area contributed by atoms with Crippen molar-refractivity contribution in [2.75, 3.05) is 12.8 Å². The average Bonchev–Trinajstić information content (AvgIpc) is 2.49. The first kappa shape index (κ1) is 14.3. The fourth-order valence-corrected chi connectivity index (χ4v) is 1.69. The number of nitrogens with two attached hydrogens (primary N) is 1. The monoisotopic (exact) mass is 285 g/mol. The van der Waals surface area contributed by atoms with E-state index in [1.807, 2.05) is 0 Å². The lowest BCUT2D eigenvalue weighted by molar-refractivity contribution is 0.0963. The van der Waals surface area contributed by atoms with Crippen molar-refractivity contribution in [3.63, 3.8) is 0 Å². The van der Waals surface area contributed by atoms with Gasteiger partial charge < -0.3 is 15.8 Å². The number of halogens is 1. The molecule has 0 aliphatic carbocycles. The second-order valence-electron chi connectivity index (χ2n) is 4.19. The molecule has 21 heavy (non-hydrogen) atoms. The van der Waals surface area contributed by atoms with Gasteiger partial charge in [-0.1, -0.05) is 0 Å². The Labute approximate surface area is 120 Å². The Morgan fingerprint density at radius 1 is 1.33 bits per heavy atom. The molecule has 0 radical (unpaired) electrons. The topological polar surface area (TPSA) is 88.1 Å². The number of nitrogens with one attached hydrogen (secondary N) is 1. The van der Waals surface area contributed by atoms with E-state index in [1.54, 1.807) is 12.1 Å². The number of carbonyl (C=O) groups is 1. The number of ether oxygens (including phenoxy) is 1. The number of nitrogen functional groups attached to an aromatic ring is 1. The number of benzene rings is 2. The lowest BCUT2D eigenvalue weighted by atomic mass is 10.1. The summed E-state index contributed by atoms with van der Waals surface area (Å²) in [4.78, 5) is 11.6. The van der Waals surface area contributed by atoms with Gasteiger partial charge in [0.05, 0.1) is 11.3 Å². The standard InChI is InChI=1S/C15H12FN3O2/c1-19-15(20)9-3-5-13(18)14(6-9)21-11-4-2-10(8-17)12(16)7-11/h2-7H,18H2,1H3,(H,19,20). The molecule has 0 heterocycles. The third-order valence-electron chi connectivity index (χ3n) is 2.79. The minimum Gasteiger partial charge on any atom is -0.455 e. The van der Waals surface area contributed by atoms with E-state index in [4.69, 9.17) is 15.7 Å². The van der Waals surface area contributed by atoms with Crippen LogP contribution in [0.3, 0.4) is 0 Å². The average molecular weight is 285 g/mol. The van der Waals surface area contributed by atoms with Crippen LogP contribution in [0.5, 0.6) is 11.5 Å². The van der Waals surface area contributed by atoms with Crippen LogP contribution in [0.2, 0.25) is 0 Å². The van der Waals surface area contributed by atoms with Gasteiger partial charge in [-0.25, -0.2) is 4.39 Å². The highest BCUT2D eigenvalue weighted by Gasteiger charge is 2.10. The van der Waals surface area contributed by atoms with Gasteiger partial charge in [-0.2, -0.15) is 5.26 Å². The molecule has 0 saturated heterocycles. The number of anilines is 1. The van der Waals surface area contributed by atoms with Crippen molar-refractivity contribution in [1.29, 1.82) is 5.26 Å². The largest absolute Gasteiger partial charge is 0.455 e. The summed E-state index contributed by atoms with van der Waals surface area (Å²) in [5, 5.41) is 11.2. The van der Waals surface area contributed by atoms with Gasteiger partial charge >= 0.3 is 0 Å². The van der Waals surface area contributed by atoms with E-state index in [1.165, 1.54) is 31.3 Å². The van der Waals surface area contributed by atoms with Gasteiger partial charge in [0.2, 0.25) is 0 Å². The molecule has 0 aliphatic rings. The number of amides is 1. The molecule has 2 aromatic rings. The van der Waals surface area contributed by atoms with Gasteiger partial charge in [-0.05, 0) is 30.3 Å². The summed E-state index contributed by atoms with van der Waals surface area (Å²) >= 11 is 0.